The minimum atomic E-state index is -3.99. The van der Waals surface area contributed by atoms with Crippen molar-refractivity contribution in [3.05, 3.63) is 11.5 Å². The molecule has 0 saturated carbocycles. The van der Waals surface area contributed by atoms with Crippen LogP contribution in [0.25, 0.3) is 0 Å². The van der Waals surface area contributed by atoms with Crippen molar-refractivity contribution in [2.24, 2.45) is 5.73 Å². The van der Waals surface area contributed by atoms with E-state index in [1.165, 1.54) is 0 Å². The van der Waals surface area contributed by atoms with Gasteiger partial charge in [0.25, 0.3) is 5.91 Å². The van der Waals surface area contributed by atoms with E-state index >= 15 is 0 Å². The van der Waals surface area contributed by atoms with Crippen LogP contribution >= 0.6 is 0 Å². The molecule has 0 aliphatic rings. The third-order valence-corrected chi connectivity index (χ3v) is 2.30. The molecule has 5 nitrogen and oxygen atoms in total. The first kappa shape index (κ1) is 15.6. The van der Waals surface area contributed by atoms with Gasteiger partial charge < -0.3 is 5.73 Å². The average molecular weight is 217 g/mol. The normalized spacial score (nSPS) is 10.2. The number of hydrogen-bond donors (Lipinski definition) is 1. The topological polar surface area (TPSA) is 86.5 Å². The van der Waals surface area contributed by atoms with Crippen molar-refractivity contribution in [2.45, 2.75) is 13.3 Å². The van der Waals surface area contributed by atoms with Gasteiger partial charge in [-0.2, -0.15) is 8.42 Å². The van der Waals surface area contributed by atoms with Gasteiger partial charge in [-0.05, 0) is 6.42 Å². The number of amides is 1. The fourth-order valence-electron chi connectivity index (χ4n) is 0.387. The van der Waals surface area contributed by atoms with E-state index in [0.29, 0.717) is 6.42 Å². The predicted octanol–water partition coefficient (Wildman–Crippen LogP) is -0.907. The predicted molar refractivity (Wildman–Crippen MR) is 50.6 cm³/mol. The quantitative estimate of drug-likeness (QED) is 0.367. The molecule has 0 aromatic rings. The summed E-state index contributed by atoms with van der Waals surface area (Å²) in [5.41, 5.74) is 4.70. The van der Waals surface area contributed by atoms with Crippen molar-refractivity contribution >= 4 is 45.6 Å². The van der Waals surface area contributed by atoms with Crippen molar-refractivity contribution in [3.63, 3.8) is 0 Å². The molecule has 0 heterocycles. The minimum absolute atomic E-state index is 0. The van der Waals surface area contributed by atoms with Crippen LogP contribution in [0.2, 0.25) is 0 Å². The molecule has 0 aromatic heterocycles. The van der Waals surface area contributed by atoms with Crippen LogP contribution in [0, 0.1) is 0 Å². The summed E-state index contributed by atoms with van der Waals surface area (Å²) in [6.07, 6.45) is 0.533. The van der Waals surface area contributed by atoms with Gasteiger partial charge in [0.05, 0.1) is 6.61 Å². The summed E-state index contributed by atoms with van der Waals surface area (Å²) >= 11 is 0. The molecule has 1 amide bonds. The third kappa shape index (κ3) is 5.43. The van der Waals surface area contributed by atoms with Crippen molar-refractivity contribution in [1.29, 1.82) is 0 Å². The third-order valence-electron chi connectivity index (χ3n) is 1.02. The van der Waals surface area contributed by atoms with Crippen LogP contribution in [-0.4, -0.2) is 50.5 Å². The molecule has 0 aromatic carbocycles. The zero-order chi connectivity index (χ0) is 9.78. The first-order chi connectivity index (χ1) is 5.41. The first-order valence-corrected chi connectivity index (χ1v) is 4.70. The van der Waals surface area contributed by atoms with Gasteiger partial charge in [-0.1, -0.05) is 13.5 Å². The summed E-state index contributed by atoms with van der Waals surface area (Å²) in [7, 11) is -3.99. The Kier molecular flexibility index (Phi) is 7.86. The molecule has 0 bridgehead atoms. The SMILES string of the molecule is C=C(C(N)=O)S(=O)(=O)OCCC.[NaH]. The summed E-state index contributed by atoms with van der Waals surface area (Å²) in [5.74, 6) is -1.09. The van der Waals surface area contributed by atoms with E-state index in [2.05, 4.69) is 10.8 Å². The molecular weight excluding hydrogens is 205 g/mol. The molecule has 0 radical (unpaired) electrons. The zero-order valence-corrected chi connectivity index (χ0v) is 7.56. The molecule has 0 saturated heterocycles. The molecule has 2 N–H and O–H groups in total. The molecule has 0 aliphatic heterocycles. The monoisotopic (exact) mass is 217 g/mol. The summed E-state index contributed by atoms with van der Waals surface area (Å²) in [4.78, 5) is 9.66. The van der Waals surface area contributed by atoms with Gasteiger partial charge in [0.1, 0.15) is 0 Å². The van der Waals surface area contributed by atoms with Gasteiger partial charge >= 0.3 is 39.7 Å². The van der Waals surface area contributed by atoms with E-state index in [4.69, 9.17) is 5.73 Å². The molecule has 0 aliphatic carbocycles. The Morgan fingerprint density at radius 3 is 2.31 bits per heavy atom. The first-order valence-electron chi connectivity index (χ1n) is 3.30. The van der Waals surface area contributed by atoms with Crippen LogP contribution in [0.3, 0.4) is 0 Å². The molecule has 72 valence electrons. The van der Waals surface area contributed by atoms with E-state index in [1.807, 2.05) is 0 Å². The number of rotatable bonds is 5. The van der Waals surface area contributed by atoms with Crippen molar-refractivity contribution in [1.82, 2.24) is 0 Å². The summed E-state index contributed by atoms with van der Waals surface area (Å²) in [6, 6.07) is 0. The Balaban J connectivity index is 0. The van der Waals surface area contributed by atoms with Gasteiger partial charge in [-0.25, -0.2) is 0 Å². The summed E-state index contributed by atoms with van der Waals surface area (Å²) < 4.78 is 26.2. The van der Waals surface area contributed by atoms with E-state index in [1.54, 1.807) is 6.92 Å². The van der Waals surface area contributed by atoms with Crippen LogP contribution in [0.4, 0.5) is 0 Å². The van der Waals surface area contributed by atoms with Gasteiger partial charge in [0.15, 0.2) is 4.91 Å². The van der Waals surface area contributed by atoms with Crippen molar-refractivity contribution < 1.29 is 17.4 Å². The van der Waals surface area contributed by atoms with Crippen LogP contribution in [-0.2, 0) is 19.1 Å². The van der Waals surface area contributed by atoms with Crippen LogP contribution in [0.1, 0.15) is 13.3 Å². The van der Waals surface area contributed by atoms with Crippen LogP contribution in [0.5, 0.6) is 0 Å². The Labute approximate surface area is 99.7 Å². The van der Waals surface area contributed by atoms with E-state index in [-0.39, 0.29) is 36.2 Å². The molecular formula is C6H12NNaO4S. The second-order valence-corrected chi connectivity index (χ2v) is 3.70. The molecule has 0 unspecified atom stereocenters. The van der Waals surface area contributed by atoms with Gasteiger partial charge in [0.2, 0.25) is 0 Å². The number of hydrogen-bond acceptors (Lipinski definition) is 4. The number of nitrogens with two attached hydrogens (primary N) is 1. The van der Waals surface area contributed by atoms with E-state index in [0.717, 1.165) is 0 Å². The number of carbonyl (C=O) groups is 1. The van der Waals surface area contributed by atoms with Crippen molar-refractivity contribution in [2.75, 3.05) is 6.61 Å². The Morgan fingerprint density at radius 2 is 2.00 bits per heavy atom. The van der Waals surface area contributed by atoms with Gasteiger partial charge in [-0.15, -0.1) is 0 Å². The molecule has 7 heteroatoms. The molecule has 0 atom stereocenters. The average Bonchev–Trinajstić information content (AvgIpc) is 1.99. The molecule has 0 rings (SSSR count). The maximum atomic E-state index is 10.9. The summed E-state index contributed by atoms with van der Waals surface area (Å²) in [6.45, 7) is 4.75. The fourth-order valence-corrected chi connectivity index (χ4v) is 1.16. The molecule has 0 fully saturated rings. The van der Waals surface area contributed by atoms with Gasteiger partial charge in [-0.3, -0.25) is 8.98 Å². The second-order valence-electron chi connectivity index (χ2n) is 2.06. The fraction of sp³-hybridized carbons (Fsp3) is 0.500. The van der Waals surface area contributed by atoms with Crippen LogP contribution < -0.4 is 5.73 Å². The van der Waals surface area contributed by atoms with Crippen molar-refractivity contribution in [3.8, 4) is 0 Å². The standard InChI is InChI=1S/C6H11NO4S.Na.H/c1-3-4-11-12(9,10)5(2)6(7)8;;/h2-4H2,1H3,(H2,7,8);;. The molecule has 0 spiro atoms. The Hall–Kier alpha value is 0.120. The maximum absolute atomic E-state index is 10.9. The summed E-state index contributed by atoms with van der Waals surface area (Å²) in [5, 5.41) is 0. The number of carbonyl (C=O) groups excluding carboxylic acids is 1. The van der Waals surface area contributed by atoms with E-state index < -0.39 is 20.9 Å². The Morgan fingerprint density at radius 1 is 1.54 bits per heavy atom. The second kappa shape index (κ2) is 6.56. The number of primary amides is 1. The molecule has 13 heavy (non-hydrogen) atoms. The van der Waals surface area contributed by atoms with Crippen LogP contribution in [0.15, 0.2) is 11.5 Å². The zero-order valence-electron chi connectivity index (χ0n) is 6.74. The Bertz CT molecular complexity index is 285. The van der Waals surface area contributed by atoms with Gasteiger partial charge in [0, 0.05) is 0 Å². The van der Waals surface area contributed by atoms with E-state index in [9.17, 15) is 13.2 Å².